The third-order valence-electron chi connectivity index (χ3n) is 4.50. The molecule has 5 nitrogen and oxygen atoms in total. The first-order chi connectivity index (χ1) is 13.9. The number of carbonyl (C=O) groups is 2. The van der Waals surface area contributed by atoms with E-state index in [1.165, 1.54) is 28.7 Å². The first-order valence-corrected chi connectivity index (χ1v) is 11.5. The van der Waals surface area contributed by atoms with Crippen molar-refractivity contribution in [3.8, 4) is 0 Å². The molecule has 1 amide bonds. The van der Waals surface area contributed by atoms with Crippen LogP contribution in [0.1, 0.15) is 42.6 Å². The third kappa shape index (κ3) is 4.79. The number of benzene rings is 2. The fraction of sp³-hybridized carbons (Fsp3) is 0.318. The van der Waals surface area contributed by atoms with Gasteiger partial charge in [-0.3, -0.25) is 9.59 Å². The van der Waals surface area contributed by atoms with Gasteiger partial charge in [0.2, 0.25) is 0 Å². The number of ether oxygens (including phenoxy) is 1. The molecule has 3 rings (SSSR count). The standard InChI is InChI=1S/C22H24N2O3S2/c1-5-27-20(25)13-24-17-11-10-15(14(2)3)12-19(17)29-22(24)23-21(26)16-8-6-7-9-18(16)28-4/h6-12,14H,5,13H2,1-4H3. The third-order valence-corrected chi connectivity index (χ3v) is 6.34. The molecule has 0 atom stereocenters. The molecule has 0 spiro atoms. The second kappa shape index (κ2) is 9.41. The summed E-state index contributed by atoms with van der Waals surface area (Å²) in [6.45, 7) is 6.37. The fourth-order valence-electron chi connectivity index (χ4n) is 2.99. The second-order valence-corrected chi connectivity index (χ2v) is 8.63. The van der Waals surface area contributed by atoms with Crippen molar-refractivity contribution in [2.24, 2.45) is 4.99 Å². The molecule has 0 saturated heterocycles. The molecule has 29 heavy (non-hydrogen) atoms. The molecule has 0 saturated carbocycles. The highest BCUT2D eigenvalue weighted by Gasteiger charge is 2.15. The van der Waals surface area contributed by atoms with Gasteiger partial charge in [-0.05, 0) is 48.9 Å². The minimum atomic E-state index is -0.349. The summed E-state index contributed by atoms with van der Waals surface area (Å²) in [4.78, 5) is 30.8. The van der Waals surface area contributed by atoms with Gasteiger partial charge in [-0.2, -0.15) is 4.99 Å². The van der Waals surface area contributed by atoms with Crippen LogP contribution in [0, 0.1) is 0 Å². The lowest BCUT2D eigenvalue weighted by molar-refractivity contribution is -0.143. The Morgan fingerprint density at radius 1 is 1.21 bits per heavy atom. The van der Waals surface area contributed by atoms with Gasteiger partial charge in [-0.25, -0.2) is 0 Å². The molecule has 0 unspecified atom stereocenters. The van der Waals surface area contributed by atoms with Gasteiger partial charge in [0.05, 0.1) is 22.4 Å². The van der Waals surface area contributed by atoms with Crippen LogP contribution in [0.15, 0.2) is 52.4 Å². The van der Waals surface area contributed by atoms with Crippen molar-refractivity contribution in [1.29, 1.82) is 0 Å². The summed E-state index contributed by atoms with van der Waals surface area (Å²) in [5.74, 6) is -0.280. The van der Waals surface area contributed by atoms with E-state index in [1.54, 1.807) is 17.6 Å². The first-order valence-electron chi connectivity index (χ1n) is 9.45. The van der Waals surface area contributed by atoms with Crippen LogP contribution in [0.25, 0.3) is 10.2 Å². The molecule has 1 aromatic heterocycles. The molecule has 0 aliphatic rings. The lowest BCUT2D eigenvalue weighted by Crippen LogP contribution is -2.23. The zero-order chi connectivity index (χ0) is 21.0. The summed E-state index contributed by atoms with van der Waals surface area (Å²) >= 11 is 2.92. The molecule has 0 radical (unpaired) electrons. The Morgan fingerprint density at radius 3 is 2.66 bits per heavy atom. The Balaban J connectivity index is 2.14. The van der Waals surface area contributed by atoms with E-state index < -0.39 is 0 Å². The van der Waals surface area contributed by atoms with Gasteiger partial charge < -0.3 is 9.30 Å². The number of fused-ring (bicyclic) bond motifs is 1. The normalized spacial score (nSPS) is 12.0. The Kier molecular flexibility index (Phi) is 6.92. The SMILES string of the molecule is CCOC(=O)Cn1c(=NC(=O)c2ccccc2SC)sc2cc(C(C)C)ccc21. The summed E-state index contributed by atoms with van der Waals surface area (Å²) in [5.41, 5.74) is 2.63. The predicted octanol–water partition coefficient (Wildman–Crippen LogP) is 4.85. The Hall–Kier alpha value is -2.38. The van der Waals surface area contributed by atoms with E-state index in [0.29, 0.717) is 22.9 Å². The maximum Gasteiger partial charge on any atom is 0.326 e. The summed E-state index contributed by atoms with van der Waals surface area (Å²) < 4.78 is 7.88. The van der Waals surface area contributed by atoms with Crippen LogP contribution in [-0.2, 0) is 16.1 Å². The van der Waals surface area contributed by atoms with Crippen LogP contribution < -0.4 is 4.80 Å². The molecule has 152 valence electrons. The van der Waals surface area contributed by atoms with Gasteiger partial charge >= 0.3 is 5.97 Å². The molecule has 0 fully saturated rings. The number of thioether (sulfide) groups is 1. The van der Waals surface area contributed by atoms with E-state index in [0.717, 1.165) is 15.1 Å². The number of nitrogens with zero attached hydrogens (tertiary/aromatic N) is 2. The molecule has 0 aliphatic heterocycles. The van der Waals surface area contributed by atoms with Gasteiger partial charge in [-0.15, -0.1) is 11.8 Å². The maximum atomic E-state index is 12.9. The molecule has 0 N–H and O–H groups in total. The second-order valence-electron chi connectivity index (χ2n) is 6.77. The van der Waals surface area contributed by atoms with Crippen molar-refractivity contribution < 1.29 is 14.3 Å². The van der Waals surface area contributed by atoms with Gasteiger partial charge in [0, 0.05) is 4.90 Å². The largest absolute Gasteiger partial charge is 0.465 e. The number of carbonyl (C=O) groups excluding carboxylic acids is 2. The highest BCUT2D eigenvalue weighted by molar-refractivity contribution is 7.98. The summed E-state index contributed by atoms with van der Waals surface area (Å²) in [6, 6.07) is 13.5. The topological polar surface area (TPSA) is 60.7 Å². The van der Waals surface area contributed by atoms with Crippen molar-refractivity contribution in [3.05, 3.63) is 58.4 Å². The van der Waals surface area contributed by atoms with Crippen LogP contribution in [0.5, 0.6) is 0 Å². The number of amides is 1. The van der Waals surface area contributed by atoms with Gasteiger partial charge in [-0.1, -0.05) is 43.4 Å². The van der Waals surface area contributed by atoms with E-state index in [9.17, 15) is 9.59 Å². The predicted molar refractivity (Wildman–Crippen MR) is 119 cm³/mol. The van der Waals surface area contributed by atoms with Crippen molar-refractivity contribution in [2.75, 3.05) is 12.9 Å². The van der Waals surface area contributed by atoms with Gasteiger partial charge in [0.25, 0.3) is 5.91 Å². The van der Waals surface area contributed by atoms with E-state index in [-0.39, 0.29) is 18.4 Å². The molecule has 0 aliphatic carbocycles. The van der Waals surface area contributed by atoms with Crippen molar-refractivity contribution >= 4 is 45.2 Å². The first kappa shape index (κ1) is 21.3. The number of rotatable bonds is 6. The molecule has 2 aromatic carbocycles. The highest BCUT2D eigenvalue weighted by atomic mass is 32.2. The van der Waals surface area contributed by atoms with E-state index in [2.05, 4.69) is 31.0 Å². The monoisotopic (exact) mass is 428 g/mol. The van der Waals surface area contributed by atoms with Gasteiger partial charge in [0.15, 0.2) is 4.80 Å². The average Bonchev–Trinajstić information content (AvgIpc) is 3.04. The Morgan fingerprint density at radius 2 is 1.97 bits per heavy atom. The van der Waals surface area contributed by atoms with Crippen molar-refractivity contribution in [3.63, 3.8) is 0 Å². The lowest BCUT2D eigenvalue weighted by Gasteiger charge is -2.07. The number of esters is 1. The quantitative estimate of drug-likeness (QED) is 0.416. The minimum absolute atomic E-state index is 0.0190. The number of hydrogen-bond donors (Lipinski definition) is 0. The van der Waals surface area contributed by atoms with Gasteiger partial charge in [0.1, 0.15) is 6.54 Å². The molecular formula is C22H24N2O3S2. The molecule has 7 heteroatoms. The summed E-state index contributed by atoms with van der Waals surface area (Å²) in [7, 11) is 0. The summed E-state index contributed by atoms with van der Waals surface area (Å²) in [6.07, 6.45) is 1.93. The summed E-state index contributed by atoms with van der Waals surface area (Å²) in [5, 5.41) is 0. The Bertz CT molecular complexity index is 1110. The minimum Gasteiger partial charge on any atom is -0.465 e. The van der Waals surface area contributed by atoms with Crippen LogP contribution in [0.3, 0.4) is 0 Å². The molecule has 1 heterocycles. The number of aromatic nitrogens is 1. The highest BCUT2D eigenvalue weighted by Crippen LogP contribution is 2.24. The van der Waals surface area contributed by atoms with E-state index >= 15 is 0 Å². The van der Waals surface area contributed by atoms with Crippen LogP contribution in [-0.4, -0.2) is 29.3 Å². The van der Waals surface area contributed by atoms with Crippen LogP contribution >= 0.6 is 23.1 Å². The molecular weight excluding hydrogens is 404 g/mol. The maximum absolute atomic E-state index is 12.9. The van der Waals surface area contributed by atoms with Crippen LogP contribution in [0.2, 0.25) is 0 Å². The smallest absolute Gasteiger partial charge is 0.326 e. The molecule has 0 bridgehead atoms. The lowest BCUT2D eigenvalue weighted by atomic mass is 10.0. The zero-order valence-corrected chi connectivity index (χ0v) is 18.6. The van der Waals surface area contributed by atoms with Crippen molar-refractivity contribution in [2.45, 2.75) is 38.1 Å². The number of hydrogen-bond acceptors (Lipinski definition) is 5. The zero-order valence-electron chi connectivity index (χ0n) is 17.0. The Labute approximate surface area is 178 Å². The molecule has 3 aromatic rings. The van der Waals surface area contributed by atoms with Crippen LogP contribution in [0.4, 0.5) is 0 Å². The fourth-order valence-corrected chi connectivity index (χ4v) is 4.66. The van der Waals surface area contributed by atoms with E-state index in [1.807, 2.05) is 30.5 Å². The average molecular weight is 429 g/mol. The van der Waals surface area contributed by atoms with E-state index in [4.69, 9.17) is 4.74 Å². The van der Waals surface area contributed by atoms with Crippen molar-refractivity contribution in [1.82, 2.24) is 4.57 Å². The number of thiazole rings is 1.